The van der Waals surface area contributed by atoms with Crippen LogP contribution in [0.15, 0.2) is 24.3 Å². The largest absolute Gasteiger partial charge is 0.478 e. The topological polar surface area (TPSA) is 89.6 Å². The van der Waals surface area contributed by atoms with Crippen molar-refractivity contribution in [3.8, 4) is 18.1 Å². The van der Waals surface area contributed by atoms with Gasteiger partial charge in [-0.25, -0.2) is 4.79 Å². The Hall–Kier alpha value is -2.32. The first-order valence-electron chi connectivity index (χ1n) is 5.44. The van der Waals surface area contributed by atoms with Gasteiger partial charge in [0.15, 0.2) is 0 Å². The van der Waals surface area contributed by atoms with Gasteiger partial charge in [-0.05, 0) is 26.0 Å². The summed E-state index contributed by atoms with van der Waals surface area (Å²) in [5.74, 6) is 0.806. The Bertz CT molecular complexity index is 495. The van der Waals surface area contributed by atoms with E-state index in [1.807, 2.05) is 0 Å². The maximum atomic E-state index is 10.6. The van der Waals surface area contributed by atoms with Crippen molar-refractivity contribution in [2.45, 2.75) is 26.3 Å². The lowest BCUT2D eigenvalue weighted by Gasteiger charge is -2.05. The first-order valence-corrected chi connectivity index (χ1v) is 5.44. The van der Waals surface area contributed by atoms with E-state index in [0.29, 0.717) is 0 Å². The summed E-state index contributed by atoms with van der Waals surface area (Å²) < 4.78 is 4.69. The standard InChI is InChI=1S/C9H8O4.C5H9N/c1-6(10)13-8-5-3-2-4-7(8)9(11)12;1-4-5(2,3)6/h2-5H,1H3,(H,11,12);1H,6H2,2-3H3. The molecule has 0 amide bonds. The molecule has 0 aliphatic heterocycles. The first-order chi connectivity index (χ1) is 8.67. The number of benzene rings is 1. The Balaban J connectivity index is 0.000000459. The number of carboxylic acids is 1. The normalized spacial score (nSPS) is 9.63. The number of terminal acetylenes is 1. The van der Waals surface area contributed by atoms with Crippen LogP contribution in [0.4, 0.5) is 0 Å². The van der Waals surface area contributed by atoms with Gasteiger partial charge in [0.05, 0.1) is 5.54 Å². The van der Waals surface area contributed by atoms with Crippen LogP contribution in [-0.4, -0.2) is 22.6 Å². The molecule has 0 aliphatic carbocycles. The summed E-state index contributed by atoms with van der Waals surface area (Å²) in [6, 6.07) is 5.98. The molecule has 0 atom stereocenters. The summed E-state index contributed by atoms with van der Waals surface area (Å²) in [6.07, 6.45) is 4.93. The highest BCUT2D eigenvalue weighted by Crippen LogP contribution is 2.17. The van der Waals surface area contributed by atoms with Gasteiger partial charge in [0.1, 0.15) is 11.3 Å². The van der Waals surface area contributed by atoms with E-state index in [-0.39, 0.29) is 11.3 Å². The Labute approximate surface area is 112 Å². The average molecular weight is 263 g/mol. The van der Waals surface area contributed by atoms with E-state index in [0.717, 1.165) is 0 Å². The van der Waals surface area contributed by atoms with Gasteiger partial charge in [-0.1, -0.05) is 18.1 Å². The van der Waals surface area contributed by atoms with Gasteiger partial charge in [-0.3, -0.25) is 4.79 Å². The van der Waals surface area contributed by atoms with E-state index in [2.05, 4.69) is 10.7 Å². The van der Waals surface area contributed by atoms with Crippen molar-refractivity contribution in [2.24, 2.45) is 5.73 Å². The number of hydrogen-bond acceptors (Lipinski definition) is 4. The third-order valence-corrected chi connectivity index (χ3v) is 1.74. The minimum atomic E-state index is -1.11. The second kappa shape index (κ2) is 7.19. The number of rotatable bonds is 2. The third-order valence-electron chi connectivity index (χ3n) is 1.74. The zero-order valence-electron chi connectivity index (χ0n) is 11.1. The quantitative estimate of drug-likeness (QED) is 0.481. The SMILES string of the molecule is C#CC(C)(C)N.CC(=O)Oc1ccccc1C(=O)O. The van der Waals surface area contributed by atoms with Gasteiger partial charge in [-0.15, -0.1) is 6.42 Å². The number of para-hydroxylation sites is 1. The molecule has 0 radical (unpaired) electrons. The molecule has 0 bridgehead atoms. The van der Waals surface area contributed by atoms with Crippen molar-refractivity contribution in [3.05, 3.63) is 29.8 Å². The zero-order valence-corrected chi connectivity index (χ0v) is 11.1. The summed E-state index contributed by atoms with van der Waals surface area (Å²) in [4.78, 5) is 21.2. The summed E-state index contributed by atoms with van der Waals surface area (Å²) in [5.41, 5.74) is 4.85. The lowest BCUT2D eigenvalue weighted by molar-refractivity contribution is -0.131. The minimum Gasteiger partial charge on any atom is -0.478 e. The van der Waals surface area contributed by atoms with Crippen molar-refractivity contribution in [3.63, 3.8) is 0 Å². The molecular formula is C14H17NO4. The lowest BCUT2D eigenvalue weighted by Crippen LogP contribution is -2.28. The highest BCUT2D eigenvalue weighted by Gasteiger charge is 2.10. The van der Waals surface area contributed by atoms with Crippen LogP contribution in [-0.2, 0) is 4.79 Å². The van der Waals surface area contributed by atoms with E-state index >= 15 is 0 Å². The predicted octanol–water partition coefficient (Wildman–Crippen LogP) is 1.67. The molecule has 0 heterocycles. The molecule has 102 valence electrons. The summed E-state index contributed by atoms with van der Waals surface area (Å²) in [6.45, 7) is 4.79. The summed E-state index contributed by atoms with van der Waals surface area (Å²) >= 11 is 0. The van der Waals surface area contributed by atoms with Gasteiger partial charge >= 0.3 is 11.9 Å². The second-order valence-electron chi connectivity index (χ2n) is 4.26. The summed E-state index contributed by atoms with van der Waals surface area (Å²) in [7, 11) is 0. The van der Waals surface area contributed by atoms with Crippen molar-refractivity contribution < 1.29 is 19.4 Å². The van der Waals surface area contributed by atoms with E-state index < -0.39 is 17.5 Å². The Morgan fingerprint density at radius 3 is 2.21 bits per heavy atom. The first kappa shape index (κ1) is 16.7. The number of esters is 1. The van der Waals surface area contributed by atoms with Crippen LogP contribution >= 0.6 is 0 Å². The smallest absolute Gasteiger partial charge is 0.339 e. The lowest BCUT2D eigenvalue weighted by atomic mass is 10.1. The van der Waals surface area contributed by atoms with E-state index in [9.17, 15) is 9.59 Å². The van der Waals surface area contributed by atoms with E-state index in [1.54, 1.807) is 26.0 Å². The van der Waals surface area contributed by atoms with Crippen LogP contribution in [0, 0.1) is 12.3 Å². The molecule has 1 aromatic carbocycles. The highest BCUT2D eigenvalue weighted by atomic mass is 16.5. The Morgan fingerprint density at radius 1 is 1.37 bits per heavy atom. The fourth-order valence-electron chi connectivity index (χ4n) is 0.887. The maximum absolute atomic E-state index is 10.6. The number of ether oxygens (including phenoxy) is 1. The van der Waals surface area contributed by atoms with Crippen LogP contribution in [0.2, 0.25) is 0 Å². The van der Waals surface area contributed by atoms with E-state index in [4.69, 9.17) is 17.3 Å². The Morgan fingerprint density at radius 2 is 1.84 bits per heavy atom. The molecule has 5 nitrogen and oxygen atoms in total. The van der Waals surface area contributed by atoms with Crippen molar-refractivity contribution >= 4 is 11.9 Å². The molecule has 0 aromatic heterocycles. The zero-order chi connectivity index (χ0) is 15.1. The molecule has 1 rings (SSSR count). The molecule has 0 aliphatic rings. The predicted molar refractivity (Wildman–Crippen MR) is 71.8 cm³/mol. The molecule has 0 unspecified atom stereocenters. The van der Waals surface area contributed by atoms with Gasteiger partial charge in [0.25, 0.3) is 0 Å². The number of nitrogens with two attached hydrogens (primary N) is 1. The molecule has 1 aromatic rings. The van der Waals surface area contributed by atoms with Crippen LogP contribution in [0.1, 0.15) is 31.1 Å². The highest BCUT2D eigenvalue weighted by molar-refractivity contribution is 5.91. The van der Waals surface area contributed by atoms with Crippen LogP contribution in [0.25, 0.3) is 0 Å². The number of hydrogen-bond donors (Lipinski definition) is 2. The molecule has 0 spiro atoms. The molecular weight excluding hydrogens is 246 g/mol. The van der Waals surface area contributed by atoms with Gasteiger partial charge in [0.2, 0.25) is 0 Å². The van der Waals surface area contributed by atoms with Crippen molar-refractivity contribution in [1.82, 2.24) is 0 Å². The molecule has 0 saturated heterocycles. The van der Waals surface area contributed by atoms with E-state index in [1.165, 1.54) is 19.1 Å². The van der Waals surface area contributed by atoms with Gasteiger partial charge in [0, 0.05) is 6.92 Å². The molecule has 19 heavy (non-hydrogen) atoms. The molecule has 3 N–H and O–H groups in total. The van der Waals surface area contributed by atoms with Crippen molar-refractivity contribution in [2.75, 3.05) is 0 Å². The Kier molecular flexibility index (Phi) is 6.31. The molecule has 0 fully saturated rings. The number of carbonyl (C=O) groups excluding carboxylic acids is 1. The van der Waals surface area contributed by atoms with Gasteiger partial charge in [-0.2, -0.15) is 0 Å². The minimum absolute atomic E-state index is 0.0160. The number of carboxylic acid groups (broad SMARTS) is 1. The third kappa shape index (κ3) is 7.58. The average Bonchev–Trinajstić information content (AvgIpc) is 2.28. The molecule has 5 heteroatoms. The molecule has 0 saturated carbocycles. The number of aromatic carboxylic acids is 1. The summed E-state index contributed by atoms with van der Waals surface area (Å²) in [5, 5.41) is 8.69. The van der Waals surface area contributed by atoms with Crippen LogP contribution in [0.3, 0.4) is 0 Å². The van der Waals surface area contributed by atoms with Crippen LogP contribution in [0.5, 0.6) is 5.75 Å². The number of carbonyl (C=O) groups is 2. The van der Waals surface area contributed by atoms with Crippen molar-refractivity contribution in [1.29, 1.82) is 0 Å². The maximum Gasteiger partial charge on any atom is 0.339 e. The van der Waals surface area contributed by atoms with Crippen LogP contribution < -0.4 is 10.5 Å². The second-order valence-corrected chi connectivity index (χ2v) is 4.26. The monoisotopic (exact) mass is 263 g/mol. The van der Waals surface area contributed by atoms with Gasteiger partial charge < -0.3 is 15.6 Å². The fourth-order valence-corrected chi connectivity index (χ4v) is 0.887. The fraction of sp³-hybridized carbons (Fsp3) is 0.286.